The highest BCUT2D eigenvalue weighted by Crippen LogP contribution is 2.27. The van der Waals surface area contributed by atoms with Crippen LogP contribution in [0, 0.1) is 17.8 Å². The molecule has 5 unspecified atom stereocenters. The summed E-state index contributed by atoms with van der Waals surface area (Å²) < 4.78 is 0. The predicted octanol–water partition coefficient (Wildman–Crippen LogP) is 2.31. The Labute approximate surface area is 125 Å². The molecular weight excluding hydrogens is 268 g/mol. The van der Waals surface area contributed by atoms with Crippen molar-refractivity contribution >= 4 is 5.97 Å². The van der Waals surface area contributed by atoms with Gasteiger partial charge < -0.3 is 15.3 Å². The van der Waals surface area contributed by atoms with Crippen LogP contribution >= 0.6 is 0 Å². The summed E-state index contributed by atoms with van der Waals surface area (Å²) in [5.41, 5.74) is 0. The maximum absolute atomic E-state index is 11.2. The summed E-state index contributed by atoms with van der Waals surface area (Å²) in [4.78, 5) is 11.2. The molecule has 0 radical (unpaired) electrons. The van der Waals surface area contributed by atoms with Gasteiger partial charge in [-0.3, -0.25) is 4.79 Å². The van der Waals surface area contributed by atoms with Crippen molar-refractivity contribution in [2.45, 2.75) is 32.5 Å². The maximum atomic E-state index is 11.2. The predicted molar refractivity (Wildman–Crippen MR) is 82.6 cm³/mol. The van der Waals surface area contributed by atoms with Crippen molar-refractivity contribution in [3.63, 3.8) is 0 Å². The van der Waals surface area contributed by atoms with Crippen molar-refractivity contribution in [3.05, 3.63) is 48.6 Å². The quantitative estimate of drug-likeness (QED) is 0.518. The van der Waals surface area contributed by atoms with Crippen molar-refractivity contribution < 1.29 is 20.1 Å². The SMILES string of the molecule is CCC(C)C=CC=CC=CC1C=CC(O)C(O)C1C(=O)O. The van der Waals surface area contributed by atoms with Crippen molar-refractivity contribution in [2.24, 2.45) is 17.8 Å². The molecule has 0 saturated carbocycles. The summed E-state index contributed by atoms with van der Waals surface area (Å²) in [6.45, 7) is 4.26. The number of carbonyl (C=O) groups is 1. The molecule has 0 bridgehead atoms. The third kappa shape index (κ3) is 5.33. The third-order valence-corrected chi connectivity index (χ3v) is 3.70. The second kappa shape index (κ2) is 8.60. The normalized spacial score (nSPS) is 31.4. The number of allylic oxidation sites excluding steroid dienone is 7. The van der Waals surface area contributed by atoms with Gasteiger partial charge in [-0.25, -0.2) is 0 Å². The zero-order valence-corrected chi connectivity index (χ0v) is 12.5. The van der Waals surface area contributed by atoms with Crippen molar-refractivity contribution in [1.29, 1.82) is 0 Å². The molecular formula is C17H24O4. The van der Waals surface area contributed by atoms with Gasteiger partial charge >= 0.3 is 5.97 Å². The van der Waals surface area contributed by atoms with E-state index < -0.39 is 30.0 Å². The number of rotatable bonds is 6. The van der Waals surface area contributed by atoms with E-state index in [0.717, 1.165) is 6.42 Å². The molecule has 0 saturated heterocycles. The molecule has 0 aromatic carbocycles. The van der Waals surface area contributed by atoms with E-state index in [1.807, 2.05) is 18.2 Å². The molecule has 5 atom stereocenters. The number of carboxylic acids is 1. The fraction of sp³-hybridized carbons (Fsp3) is 0.471. The number of hydrogen-bond acceptors (Lipinski definition) is 3. The van der Waals surface area contributed by atoms with Crippen molar-refractivity contribution in [1.82, 2.24) is 0 Å². The first-order valence-electron chi connectivity index (χ1n) is 7.26. The van der Waals surface area contributed by atoms with Crippen LogP contribution in [0.4, 0.5) is 0 Å². The van der Waals surface area contributed by atoms with Crippen LogP contribution in [0.5, 0.6) is 0 Å². The molecule has 3 N–H and O–H groups in total. The second-order valence-corrected chi connectivity index (χ2v) is 5.35. The van der Waals surface area contributed by atoms with E-state index in [2.05, 4.69) is 19.9 Å². The Balaban J connectivity index is 2.65. The Morgan fingerprint density at radius 2 is 1.86 bits per heavy atom. The fourth-order valence-electron chi connectivity index (χ4n) is 2.12. The van der Waals surface area contributed by atoms with Crippen LogP contribution in [0.25, 0.3) is 0 Å². The van der Waals surface area contributed by atoms with E-state index in [9.17, 15) is 15.0 Å². The Morgan fingerprint density at radius 3 is 2.48 bits per heavy atom. The van der Waals surface area contributed by atoms with E-state index in [-0.39, 0.29) is 0 Å². The van der Waals surface area contributed by atoms with Gasteiger partial charge in [0.1, 0.15) is 0 Å². The maximum Gasteiger partial charge on any atom is 0.310 e. The van der Waals surface area contributed by atoms with Gasteiger partial charge in [-0.15, -0.1) is 0 Å². The van der Waals surface area contributed by atoms with Gasteiger partial charge in [0.05, 0.1) is 18.1 Å². The summed E-state index contributed by atoms with van der Waals surface area (Å²) in [5.74, 6) is -2.02. The topological polar surface area (TPSA) is 77.8 Å². The van der Waals surface area contributed by atoms with Crippen LogP contribution in [0.15, 0.2) is 48.6 Å². The van der Waals surface area contributed by atoms with Crippen LogP contribution in [-0.2, 0) is 4.79 Å². The Morgan fingerprint density at radius 1 is 1.19 bits per heavy atom. The third-order valence-electron chi connectivity index (χ3n) is 3.70. The average molecular weight is 292 g/mol. The lowest BCUT2D eigenvalue weighted by Gasteiger charge is -2.29. The molecule has 1 aliphatic rings. The highest BCUT2D eigenvalue weighted by atomic mass is 16.4. The lowest BCUT2D eigenvalue weighted by atomic mass is 9.80. The van der Waals surface area contributed by atoms with Crippen LogP contribution in [0.1, 0.15) is 20.3 Å². The largest absolute Gasteiger partial charge is 0.481 e. The standard InChI is InChI=1S/C17H24O4/c1-3-12(2)8-6-4-5-7-9-13-10-11-14(18)16(19)15(13)17(20)21/h4-16,18-19H,3H2,1-2H3,(H,20,21). The minimum atomic E-state index is -1.28. The summed E-state index contributed by atoms with van der Waals surface area (Å²) >= 11 is 0. The highest BCUT2D eigenvalue weighted by Gasteiger charge is 2.38. The zero-order chi connectivity index (χ0) is 15.8. The fourth-order valence-corrected chi connectivity index (χ4v) is 2.12. The van der Waals surface area contributed by atoms with Gasteiger partial charge in [0.25, 0.3) is 0 Å². The first kappa shape index (κ1) is 17.4. The summed E-state index contributed by atoms with van der Waals surface area (Å²) in [7, 11) is 0. The molecule has 1 aliphatic carbocycles. The smallest absolute Gasteiger partial charge is 0.310 e. The van der Waals surface area contributed by atoms with Gasteiger partial charge in [0, 0.05) is 5.92 Å². The Kier molecular flexibility index (Phi) is 7.12. The van der Waals surface area contributed by atoms with Gasteiger partial charge in [-0.1, -0.05) is 68.9 Å². The van der Waals surface area contributed by atoms with Crippen molar-refractivity contribution in [3.8, 4) is 0 Å². The molecule has 21 heavy (non-hydrogen) atoms. The minimum absolute atomic E-state index is 0.427. The molecule has 4 nitrogen and oxygen atoms in total. The van der Waals surface area contributed by atoms with Gasteiger partial charge in [-0.05, 0) is 5.92 Å². The lowest BCUT2D eigenvalue weighted by molar-refractivity contribution is -0.150. The van der Waals surface area contributed by atoms with E-state index >= 15 is 0 Å². The second-order valence-electron chi connectivity index (χ2n) is 5.35. The van der Waals surface area contributed by atoms with E-state index in [0.29, 0.717) is 5.92 Å². The lowest BCUT2D eigenvalue weighted by Crippen LogP contribution is -2.43. The van der Waals surface area contributed by atoms with Gasteiger partial charge in [-0.2, -0.15) is 0 Å². The first-order valence-corrected chi connectivity index (χ1v) is 7.26. The molecule has 4 heteroatoms. The van der Waals surface area contributed by atoms with Crippen LogP contribution < -0.4 is 0 Å². The molecule has 0 aromatic heterocycles. The molecule has 0 aliphatic heterocycles. The molecule has 0 fully saturated rings. The molecule has 0 spiro atoms. The van der Waals surface area contributed by atoms with Crippen LogP contribution in [-0.4, -0.2) is 33.5 Å². The molecule has 0 heterocycles. The van der Waals surface area contributed by atoms with E-state index in [1.54, 1.807) is 18.2 Å². The summed E-state index contributed by atoms with van der Waals surface area (Å²) in [6, 6.07) is 0. The van der Waals surface area contributed by atoms with Gasteiger partial charge in [0.2, 0.25) is 0 Å². The number of aliphatic carboxylic acids is 1. The monoisotopic (exact) mass is 292 g/mol. The van der Waals surface area contributed by atoms with Crippen LogP contribution in [0.3, 0.4) is 0 Å². The number of aliphatic hydroxyl groups is 2. The Bertz CT molecular complexity index is 448. The molecule has 1 rings (SSSR count). The summed E-state index contributed by atoms with van der Waals surface area (Å²) in [6.07, 6.45) is 13.0. The van der Waals surface area contributed by atoms with E-state index in [4.69, 9.17) is 5.11 Å². The number of hydrogen-bond donors (Lipinski definition) is 3. The van der Waals surface area contributed by atoms with Gasteiger partial charge in [0.15, 0.2) is 0 Å². The Hall–Kier alpha value is -1.65. The minimum Gasteiger partial charge on any atom is -0.481 e. The average Bonchev–Trinajstić information content (AvgIpc) is 2.45. The number of carboxylic acid groups (broad SMARTS) is 1. The first-order chi connectivity index (χ1) is 9.97. The molecule has 0 amide bonds. The molecule has 116 valence electrons. The highest BCUT2D eigenvalue weighted by molar-refractivity contribution is 5.72. The zero-order valence-electron chi connectivity index (χ0n) is 12.5. The van der Waals surface area contributed by atoms with E-state index in [1.165, 1.54) is 6.08 Å². The summed E-state index contributed by atoms with van der Waals surface area (Å²) in [5, 5.41) is 28.4. The van der Waals surface area contributed by atoms with Crippen molar-refractivity contribution in [2.75, 3.05) is 0 Å². The number of aliphatic hydroxyl groups excluding tert-OH is 2. The molecule has 0 aromatic rings. The van der Waals surface area contributed by atoms with Crippen LogP contribution in [0.2, 0.25) is 0 Å².